The van der Waals surface area contributed by atoms with Gasteiger partial charge >= 0.3 is 0 Å². The van der Waals surface area contributed by atoms with Gasteiger partial charge in [-0.05, 0) is 35.6 Å². The van der Waals surface area contributed by atoms with Crippen LogP contribution < -0.4 is 20.5 Å². The lowest BCUT2D eigenvalue weighted by Gasteiger charge is -2.18. The Kier molecular flexibility index (Phi) is 3.96. The van der Waals surface area contributed by atoms with Crippen molar-refractivity contribution in [3.05, 3.63) is 40.1 Å². The third kappa shape index (κ3) is 3.11. The molecule has 5 nitrogen and oxygen atoms in total. The molecule has 2 aromatic rings. The number of nitrogens with one attached hydrogen (secondary N) is 1. The molecule has 1 aromatic heterocycles. The second-order valence-electron chi connectivity index (χ2n) is 4.69. The van der Waals surface area contributed by atoms with Gasteiger partial charge in [-0.1, -0.05) is 6.07 Å². The molecule has 0 saturated heterocycles. The summed E-state index contributed by atoms with van der Waals surface area (Å²) in [4.78, 5) is 12.5. The molecule has 0 radical (unpaired) electrons. The van der Waals surface area contributed by atoms with Crippen molar-refractivity contribution in [3.63, 3.8) is 0 Å². The molecule has 3 N–H and O–H groups in total. The average molecular weight is 304 g/mol. The van der Waals surface area contributed by atoms with E-state index in [2.05, 4.69) is 5.32 Å². The molecule has 1 aliphatic heterocycles. The summed E-state index contributed by atoms with van der Waals surface area (Å²) in [5.74, 6) is 1.42. The van der Waals surface area contributed by atoms with Crippen LogP contribution in [0.25, 0.3) is 0 Å². The number of amides is 1. The number of anilines is 1. The smallest absolute Gasteiger partial charge is 0.263 e. The number of rotatable bonds is 4. The Bertz CT molecular complexity index is 654. The lowest BCUT2D eigenvalue weighted by atomic mass is 10.1. The van der Waals surface area contributed by atoms with Crippen LogP contribution in [0.2, 0.25) is 0 Å². The SMILES string of the molecule is Nc1ccsc1C(=O)NCCc1ccc2c(c1)OCCO2. The van der Waals surface area contributed by atoms with E-state index in [0.29, 0.717) is 30.3 Å². The number of benzene rings is 1. The summed E-state index contributed by atoms with van der Waals surface area (Å²) < 4.78 is 11.0. The van der Waals surface area contributed by atoms with E-state index in [4.69, 9.17) is 15.2 Å². The predicted molar refractivity (Wildman–Crippen MR) is 82.2 cm³/mol. The number of nitrogen functional groups attached to an aromatic ring is 1. The third-order valence-corrected chi connectivity index (χ3v) is 4.14. The molecule has 0 unspecified atom stereocenters. The van der Waals surface area contributed by atoms with Gasteiger partial charge in [-0.15, -0.1) is 11.3 Å². The number of nitrogens with two attached hydrogens (primary N) is 1. The molecule has 2 heterocycles. The molecule has 1 amide bonds. The molecule has 1 aromatic carbocycles. The number of fused-ring (bicyclic) bond motifs is 1. The van der Waals surface area contributed by atoms with E-state index in [1.807, 2.05) is 23.6 Å². The van der Waals surface area contributed by atoms with Crippen LogP contribution in [0.1, 0.15) is 15.2 Å². The highest BCUT2D eigenvalue weighted by molar-refractivity contribution is 7.12. The number of thiophene rings is 1. The fourth-order valence-electron chi connectivity index (χ4n) is 2.15. The van der Waals surface area contributed by atoms with Crippen molar-refractivity contribution in [2.75, 3.05) is 25.5 Å². The first kappa shape index (κ1) is 13.8. The van der Waals surface area contributed by atoms with Gasteiger partial charge in [0, 0.05) is 6.54 Å². The van der Waals surface area contributed by atoms with E-state index < -0.39 is 0 Å². The number of ether oxygens (including phenoxy) is 2. The molecule has 110 valence electrons. The Hall–Kier alpha value is -2.21. The first-order chi connectivity index (χ1) is 10.2. The zero-order valence-corrected chi connectivity index (χ0v) is 12.2. The Morgan fingerprint density at radius 1 is 1.24 bits per heavy atom. The van der Waals surface area contributed by atoms with Crippen LogP contribution in [0.15, 0.2) is 29.6 Å². The molecule has 0 atom stereocenters. The number of carbonyl (C=O) groups excluding carboxylic acids is 1. The van der Waals surface area contributed by atoms with Gasteiger partial charge in [0.25, 0.3) is 5.91 Å². The van der Waals surface area contributed by atoms with Gasteiger partial charge in [0.15, 0.2) is 11.5 Å². The fourth-order valence-corrected chi connectivity index (χ4v) is 2.88. The molecule has 6 heteroatoms. The normalized spacial score (nSPS) is 13.0. The summed E-state index contributed by atoms with van der Waals surface area (Å²) in [5, 5.41) is 4.68. The average Bonchev–Trinajstić information content (AvgIpc) is 2.93. The largest absolute Gasteiger partial charge is 0.486 e. The molecule has 21 heavy (non-hydrogen) atoms. The van der Waals surface area contributed by atoms with Crippen molar-refractivity contribution in [1.82, 2.24) is 5.32 Å². The van der Waals surface area contributed by atoms with Crippen molar-refractivity contribution in [3.8, 4) is 11.5 Å². The molecule has 0 saturated carbocycles. The van der Waals surface area contributed by atoms with Crippen LogP contribution in [0.3, 0.4) is 0 Å². The van der Waals surface area contributed by atoms with Crippen LogP contribution in [0, 0.1) is 0 Å². The maximum atomic E-state index is 11.9. The minimum absolute atomic E-state index is 0.125. The van der Waals surface area contributed by atoms with Gasteiger partial charge in [0.2, 0.25) is 0 Å². The molecular formula is C15H16N2O3S. The van der Waals surface area contributed by atoms with Crippen LogP contribution >= 0.6 is 11.3 Å². The first-order valence-corrected chi connectivity index (χ1v) is 7.62. The van der Waals surface area contributed by atoms with Gasteiger partial charge in [-0.25, -0.2) is 0 Å². The van der Waals surface area contributed by atoms with Gasteiger partial charge < -0.3 is 20.5 Å². The quantitative estimate of drug-likeness (QED) is 0.907. The standard InChI is InChI=1S/C15H16N2O3S/c16-11-4-8-21-14(11)15(18)17-5-3-10-1-2-12-13(9-10)20-7-6-19-12/h1-2,4,8-9H,3,5-7,16H2,(H,17,18). The van der Waals surface area contributed by atoms with Crippen LogP contribution in [0.5, 0.6) is 11.5 Å². The number of hydrogen-bond donors (Lipinski definition) is 2. The molecule has 0 bridgehead atoms. The van der Waals surface area contributed by atoms with E-state index in [9.17, 15) is 4.79 Å². The number of carbonyl (C=O) groups is 1. The molecule has 3 rings (SSSR count). The Labute approximate surface area is 126 Å². The minimum atomic E-state index is -0.125. The summed E-state index contributed by atoms with van der Waals surface area (Å²) in [5.41, 5.74) is 7.34. The van der Waals surface area contributed by atoms with Crippen molar-refractivity contribution < 1.29 is 14.3 Å². The van der Waals surface area contributed by atoms with Crippen molar-refractivity contribution >= 4 is 22.9 Å². The Balaban J connectivity index is 1.56. The number of hydrogen-bond acceptors (Lipinski definition) is 5. The fraction of sp³-hybridized carbons (Fsp3) is 0.267. The zero-order chi connectivity index (χ0) is 14.7. The van der Waals surface area contributed by atoms with Gasteiger partial charge in [0.05, 0.1) is 5.69 Å². The van der Waals surface area contributed by atoms with Crippen LogP contribution in [-0.4, -0.2) is 25.7 Å². The highest BCUT2D eigenvalue weighted by Gasteiger charge is 2.13. The summed E-state index contributed by atoms with van der Waals surface area (Å²) in [7, 11) is 0. The van der Waals surface area contributed by atoms with E-state index in [1.54, 1.807) is 6.07 Å². The second kappa shape index (κ2) is 6.05. The molecule has 1 aliphatic rings. The topological polar surface area (TPSA) is 73.6 Å². The zero-order valence-electron chi connectivity index (χ0n) is 11.4. The Morgan fingerprint density at radius 3 is 2.81 bits per heavy atom. The minimum Gasteiger partial charge on any atom is -0.486 e. The molecular weight excluding hydrogens is 288 g/mol. The molecule has 0 spiro atoms. The van der Waals surface area contributed by atoms with E-state index in [1.165, 1.54) is 11.3 Å². The predicted octanol–water partition coefficient (Wildman–Crippen LogP) is 2.07. The van der Waals surface area contributed by atoms with Crippen LogP contribution in [-0.2, 0) is 6.42 Å². The lowest BCUT2D eigenvalue weighted by Crippen LogP contribution is -2.25. The summed E-state index contributed by atoms with van der Waals surface area (Å²) in [6, 6.07) is 7.59. The maximum absolute atomic E-state index is 11.9. The van der Waals surface area contributed by atoms with Crippen molar-refractivity contribution in [2.24, 2.45) is 0 Å². The van der Waals surface area contributed by atoms with E-state index in [-0.39, 0.29) is 5.91 Å². The van der Waals surface area contributed by atoms with Crippen molar-refractivity contribution in [2.45, 2.75) is 6.42 Å². The molecule has 0 aliphatic carbocycles. The van der Waals surface area contributed by atoms with Gasteiger partial charge in [-0.3, -0.25) is 4.79 Å². The highest BCUT2D eigenvalue weighted by atomic mass is 32.1. The first-order valence-electron chi connectivity index (χ1n) is 6.74. The molecule has 0 fully saturated rings. The summed E-state index contributed by atoms with van der Waals surface area (Å²) in [6.45, 7) is 1.71. The van der Waals surface area contributed by atoms with Gasteiger partial charge in [-0.2, -0.15) is 0 Å². The Morgan fingerprint density at radius 2 is 2.05 bits per heavy atom. The summed E-state index contributed by atoms with van der Waals surface area (Å²) >= 11 is 1.35. The second-order valence-corrected chi connectivity index (χ2v) is 5.61. The van der Waals surface area contributed by atoms with Crippen molar-refractivity contribution in [1.29, 1.82) is 0 Å². The van der Waals surface area contributed by atoms with E-state index in [0.717, 1.165) is 23.5 Å². The van der Waals surface area contributed by atoms with E-state index >= 15 is 0 Å². The highest BCUT2D eigenvalue weighted by Crippen LogP contribution is 2.30. The monoisotopic (exact) mass is 304 g/mol. The van der Waals surface area contributed by atoms with Gasteiger partial charge in [0.1, 0.15) is 18.1 Å². The van der Waals surface area contributed by atoms with Crippen LogP contribution in [0.4, 0.5) is 5.69 Å². The lowest BCUT2D eigenvalue weighted by molar-refractivity contribution is 0.0959. The summed E-state index contributed by atoms with van der Waals surface area (Å²) in [6.07, 6.45) is 0.730. The third-order valence-electron chi connectivity index (χ3n) is 3.21. The maximum Gasteiger partial charge on any atom is 0.263 e.